The third kappa shape index (κ3) is 2.09. The lowest BCUT2D eigenvalue weighted by Crippen LogP contribution is -2.32. The number of nitrogens with one attached hydrogen (secondary N) is 1. The van der Waals surface area contributed by atoms with E-state index < -0.39 is 0 Å². The fourth-order valence-electron chi connectivity index (χ4n) is 1.66. The third-order valence-corrected chi connectivity index (χ3v) is 2.82. The Balaban J connectivity index is 2.00. The van der Waals surface area contributed by atoms with Gasteiger partial charge in [0.2, 0.25) is 0 Å². The van der Waals surface area contributed by atoms with Gasteiger partial charge in [-0.05, 0) is 25.0 Å². The van der Waals surface area contributed by atoms with Gasteiger partial charge in [0, 0.05) is 23.9 Å². The van der Waals surface area contributed by atoms with Gasteiger partial charge in [-0.25, -0.2) is 4.79 Å². The zero-order valence-electron chi connectivity index (χ0n) is 8.69. The molecule has 0 spiro atoms. The minimum atomic E-state index is -0.378. The minimum Gasteiger partial charge on any atom is -0.453 e. The number of pyridine rings is 1. The Morgan fingerprint density at radius 2 is 2.40 bits per heavy atom. The van der Waals surface area contributed by atoms with Crippen LogP contribution in [0.1, 0.15) is 18.5 Å². The van der Waals surface area contributed by atoms with E-state index in [4.69, 9.17) is 0 Å². The van der Waals surface area contributed by atoms with Crippen LogP contribution in [0.2, 0.25) is 0 Å². The Hall–Kier alpha value is -1.58. The van der Waals surface area contributed by atoms with E-state index in [1.54, 1.807) is 6.20 Å². The van der Waals surface area contributed by atoms with Gasteiger partial charge in [0.1, 0.15) is 0 Å². The van der Waals surface area contributed by atoms with Crippen molar-refractivity contribution in [1.82, 2.24) is 10.3 Å². The van der Waals surface area contributed by atoms with E-state index in [1.165, 1.54) is 7.11 Å². The van der Waals surface area contributed by atoms with Gasteiger partial charge in [-0.1, -0.05) is 6.07 Å². The van der Waals surface area contributed by atoms with Crippen molar-refractivity contribution in [2.45, 2.75) is 18.3 Å². The summed E-state index contributed by atoms with van der Waals surface area (Å²) >= 11 is 0. The molecule has 15 heavy (non-hydrogen) atoms. The molecule has 0 unspecified atom stereocenters. The normalized spacial score (nSPS) is 16.9. The SMILES string of the molecule is COC(=O)NCC1(c2ccccn2)CC1. The molecule has 2 rings (SSSR count). The number of carbonyl (C=O) groups excluding carboxylic acids is 1. The fourth-order valence-corrected chi connectivity index (χ4v) is 1.66. The number of rotatable bonds is 3. The van der Waals surface area contributed by atoms with Gasteiger partial charge >= 0.3 is 6.09 Å². The number of amides is 1. The van der Waals surface area contributed by atoms with Gasteiger partial charge in [-0.2, -0.15) is 0 Å². The molecule has 1 heterocycles. The van der Waals surface area contributed by atoms with Crippen molar-refractivity contribution in [2.75, 3.05) is 13.7 Å². The van der Waals surface area contributed by atoms with Crippen LogP contribution in [0.5, 0.6) is 0 Å². The highest BCUT2D eigenvalue weighted by molar-refractivity contribution is 5.67. The van der Waals surface area contributed by atoms with Crippen LogP contribution < -0.4 is 5.32 Å². The average Bonchev–Trinajstić information content (AvgIpc) is 3.08. The Morgan fingerprint density at radius 3 is 2.93 bits per heavy atom. The van der Waals surface area contributed by atoms with Crippen LogP contribution in [-0.2, 0) is 10.2 Å². The van der Waals surface area contributed by atoms with Gasteiger partial charge < -0.3 is 10.1 Å². The van der Waals surface area contributed by atoms with Crippen molar-refractivity contribution in [2.24, 2.45) is 0 Å². The highest BCUT2D eigenvalue weighted by Gasteiger charge is 2.45. The Morgan fingerprint density at radius 1 is 1.60 bits per heavy atom. The summed E-state index contributed by atoms with van der Waals surface area (Å²) in [5, 5.41) is 2.73. The Bertz CT molecular complexity index is 347. The molecule has 0 aromatic carbocycles. The summed E-state index contributed by atoms with van der Waals surface area (Å²) in [7, 11) is 1.37. The van der Waals surface area contributed by atoms with Crippen LogP contribution in [0.3, 0.4) is 0 Å². The zero-order valence-corrected chi connectivity index (χ0v) is 8.69. The average molecular weight is 206 g/mol. The smallest absolute Gasteiger partial charge is 0.406 e. The van der Waals surface area contributed by atoms with E-state index >= 15 is 0 Å². The van der Waals surface area contributed by atoms with Gasteiger partial charge in [-0.3, -0.25) is 4.98 Å². The molecule has 0 atom stereocenters. The predicted octanol–water partition coefficient (Wildman–Crippen LogP) is 1.47. The van der Waals surface area contributed by atoms with Crippen molar-refractivity contribution in [3.8, 4) is 0 Å². The standard InChI is InChI=1S/C11H14N2O2/c1-15-10(14)13-8-11(5-6-11)9-4-2-3-7-12-9/h2-4,7H,5-6,8H2,1H3,(H,13,14). The summed E-state index contributed by atoms with van der Waals surface area (Å²) < 4.78 is 4.54. The van der Waals surface area contributed by atoms with Crippen molar-refractivity contribution in [1.29, 1.82) is 0 Å². The predicted molar refractivity (Wildman–Crippen MR) is 55.6 cm³/mol. The molecule has 1 aliphatic rings. The molecule has 1 aromatic rings. The second-order valence-corrected chi connectivity index (χ2v) is 3.84. The Labute approximate surface area is 88.7 Å². The van der Waals surface area contributed by atoms with Crippen molar-refractivity contribution >= 4 is 6.09 Å². The second-order valence-electron chi connectivity index (χ2n) is 3.84. The number of alkyl carbamates (subject to hydrolysis) is 1. The van der Waals surface area contributed by atoms with Crippen LogP contribution in [0.25, 0.3) is 0 Å². The molecule has 1 N–H and O–H groups in total. The molecule has 4 heteroatoms. The monoisotopic (exact) mass is 206 g/mol. The molecule has 1 amide bonds. The molecule has 1 aliphatic carbocycles. The molecule has 1 fully saturated rings. The lowest BCUT2D eigenvalue weighted by Gasteiger charge is -2.14. The number of ether oxygens (including phenoxy) is 1. The summed E-state index contributed by atoms with van der Waals surface area (Å²) in [6.07, 6.45) is 3.56. The number of hydrogen-bond acceptors (Lipinski definition) is 3. The fraction of sp³-hybridized carbons (Fsp3) is 0.455. The molecule has 1 saturated carbocycles. The molecule has 1 aromatic heterocycles. The number of nitrogens with zero attached hydrogens (tertiary/aromatic N) is 1. The first-order chi connectivity index (χ1) is 7.27. The van der Waals surface area contributed by atoms with E-state index in [-0.39, 0.29) is 11.5 Å². The maximum absolute atomic E-state index is 11.0. The number of hydrogen-bond donors (Lipinski definition) is 1. The summed E-state index contributed by atoms with van der Waals surface area (Å²) in [5.74, 6) is 0. The van der Waals surface area contributed by atoms with Crippen molar-refractivity contribution < 1.29 is 9.53 Å². The van der Waals surface area contributed by atoms with Crippen LogP contribution in [0.15, 0.2) is 24.4 Å². The second kappa shape index (κ2) is 3.88. The highest BCUT2D eigenvalue weighted by Crippen LogP contribution is 2.46. The van der Waals surface area contributed by atoms with E-state index in [9.17, 15) is 4.79 Å². The topological polar surface area (TPSA) is 51.2 Å². The number of carbonyl (C=O) groups is 1. The van der Waals surface area contributed by atoms with Crippen LogP contribution in [0, 0.1) is 0 Å². The van der Waals surface area contributed by atoms with E-state index in [0.717, 1.165) is 18.5 Å². The van der Waals surface area contributed by atoms with Gasteiger partial charge in [0.15, 0.2) is 0 Å². The maximum atomic E-state index is 11.0. The zero-order chi connectivity index (χ0) is 10.7. The summed E-state index contributed by atoms with van der Waals surface area (Å²) in [5.41, 5.74) is 1.11. The van der Waals surface area contributed by atoms with Crippen LogP contribution in [0.4, 0.5) is 4.79 Å². The third-order valence-electron chi connectivity index (χ3n) is 2.82. The lowest BCUT2D eigenvalue weighted by molar-refractivity contribution is 0.170. The molecule has 80 valence electrons. The molecule has 0 saturated heterocycles. The van der Waals surface area contributed by atoms with E-state index in [0.29, 0.717) is 6.54 Å². The van der Waals surface area contributed by atoms with Crippen molar-refractivity contribution in [3.63, 3.8) is 0 Å². The van der Waals surface area contributed by atoms with Gasteiger partial charge in [0.05, 0.1) is 7.11 Å². The molecular weight excluding hydrogens is 192 g/mol. The van der Waals surface area contributed by atoms with E-state index in [2.05, 4.69) is 15.0 Å². The quantitative estimate of drug-likeness (QED) is 0.814. The summed E-state index contributed by atoms with van der Waals surface area (Å²) in [6.45, 7) is 0.608. The molecule has 4 nitrogen and oxygen atoms in total. The molecular formula is C11H14N2O2. The maximum Gasteiger partial charge on any atom is 0.406 e. The van der Waals surface area contributed by atoms with Crippen molar-refractivity contribution in [3.05, 3.63) is 30.1 Å². The van der Waals surface area contributed by atoms with Gasteiger partial charge in [-0.15, -0.1) is 0 Å². The first-order valence-electron chi connectivity index (χ1n) is 5.00. The first-order valence-corrected chi connectivity index (χ1v) is 5.00. The highest BCUT2D eigenvalue weighted by atomic mass is 16.5. The molecule has 0 radical (unpaired) electrons. The Kier molecular flexibility index (Phi) is 2.58. The van der Waals surface area contributed by atoms with Gasteiger partial charge in [0.25, 0.3) is 0 Å². The molecule has 0 bridgehead atoms. The molecule has 0 aliphatic heterocycles. The van der Waals surface area contributed by atoms with Crippen LogP contribution in [-0.4, -0.2) is 24.7 Å². The van der Waals surface area contributed by atoms with E-state index in [1.807, 2.05) is 18.2 Å². The summed E-state index contributed by atoms with van der Waals surface area (Å²) in [6, 6.07) is 5.87. The lowest BCUT2D eigenvalue weighted by atomic mass is 10.0. The first kappa shape index (κ1) is 9.96. The largest absolute Gasteiger partial charge is 0.453 e. The minimum absolute atomic E-state index is 0.0510. The number of aromatic nitrogens is 1. The number of methoxy groups -OCH3 is 1. The van der Waals surface area contributed by atoms with Crippen LogP contribution >= 0.6 is 0 Å². The summed E-state index contributed by atoms with van der Waals surface area (Å²) in [4.78, 5) is 15.3.